The van der Waals surface area contributed by atoms with Gasteiger partial charge in [0.05, 0.1) is 7.11 Å². The average molecular weight is 313 g/mol. The number of aromatic nitrogens is 1. The molecule has 120 valence electrons. The molecule has 0 bridgehead atoms. The molecular weight excluding hydrogens is 294 g/mol. The minimum Gasteiger partial charge on any atom is -0.492 e. The first-order chi connectivity index (χ1) is 11.3. The van der Waals surface area contributed by atoms with Crippen LogP contribution in [0, 0.1) is 0 Å². The summed E-state index contributed by atoms with van der Waals surface area (Å²) in [6.45, 7) is 1.18. The lowest BCUT2D eigenvalue weighted by molar-refractivity contribution is 0.170. The van der Waals surface area contributed by atoms with E-state index >= 15 is 0 Å². The number of rotatable bonds is 3. The summed E-state index contributed by atoms with van der Waals surface area (Å²) in [4.78, 5) is 6.63. The minimum atomic E-state index is -0.0295. The Morgan fingerprint density at radius 1 is 1.35 bits per heavy atom. The van der Waals surface area contributed by atoms with E-state index in [1.54, 1.807) is 13.3 Å². The Bertz CT molecular complexity index is 721. The van der Waals surface area contributed by atoms with Crippen molar-refractivity contribution in [1.29, 1.82) is 0 Å². The number of pyridine rings is 1. The molecule has 0 saturated heterocycles. The zero-order chi connectivity index (χ0) is 15.8. The van der Waals surface area contributed by atoms with E-state index in [9.17, 15) is 0 Å². The highest BCUT2D eigenvalue weighted by atomic mass is 16.7. The van der Waals surface area contributed by atoms with Crippen LogP contribution in [0.2, 0.25) is 0 Å². The second-order valence-electron chi connectivity index (χ2n) is 5.71. The second-order valence-corrected chi connectivity index (χ2v) is 5.71. The lowest BCUT2D eigenvalue weighted by Gasteiger charge is -2.36. The Balaban J connectivity index is 1.80. The fourth-order valence-electron chi connectivity index (χ4n) is 3.20. The summed E-state index contributed by atoms with van der Waals surface area (Å²) in [5.74, 6) is 3.03. The van der Waals surface area contributed by atoms with Crippen LogP contribution in [0.1, 0.15) is 17.3 Å². The van der Waals surface area contributed by atoms with Crippen LogP contribution in [0.5, 0.6) is 17.2 Å². The number of nitrogens with zero attached hydrogens (tertiary/aromatic N) is 2. The molecule has 1 aromatic carbocycles. The number of benzene rings is 1. The number of likely N-dealkylation sites (N-methyl/N-ethyl adjacent to an activating group) is 1. The van der Waals surface area contributed by atoms with Crippen molar-refractivity contribution in [3.05, 3.63) is 41.6 Å². The standard InChI is InChI=1S/C17H19N3O3/c1-20-8-6-11-9-12-15(23-10-22-12)16(21-2)14(11)17(20)19-13-5-3-4-7-18-13/h3-5,7,9,17H,6,8,10H2,1-2H3,(H,18,19)/t17-/m1/s1. The Labute approximate surface area is 135 Å². The van der Waals surface area contributed by atoms with Crippen LogP contribution in [0.3, 0.4) is 0 Å². The summed E-state index contributed by atoms with van der Waals surface area (Å²) in [5.41, 5.74) is 2.31. The van der Waals surface area contributed by atoms with Gasteiger partial charge < -0.3 is 19.5 Å². The highest BCUT2D eigenvalue weighted by Crippen LogP contribution is 2.49. The van der Waals surface area contributed by atoms with Crippen LogP contribution >= 0.6 is 0 Å². The summed E-state index contributed by atoms with van der Waals surface area (Å²) in [6.07, 6.45) is 2.69. The van der Waals surface area contributed by atoms with Crippen molar-refractivity contribution in [2.24, 2.45) is 0 Å². The van der Waals surface area contributed by atoms with Gasteiger partial charge in [0.2, 0.25) is 12.5 Å². The van der Waals surface area contributed by atoms with Crippen molar-refractivity contribution in [3.8, 4) is 17.2 Å². The van der Waals surface area contributed by atoms with E-state index in [1.807, 2.05) is 18.2 Å². The van der Waals surface area contributed by atoms with E-state index in [1.165, 1.54) is 5.56 Å². The topological polar surface area (TPSA) is 55.9 Å². The molecule has 6 nitrogen and oxygen atoms in total. The molecule has 2 aromatic rings. The third-order valence-corrected chi connectivity index (χ3v) is 4.35. The molecular formula is C17H19N3O3. The Morgan fingerprint density at radius 2 is 2.26 bits per heavy atom. The number of methoxy groups -OCH3 is 1. The van der Waals surface area contributed by atoms with Crippen molar-refractivity contribution in [1.82, 2.24) is 9.88 Å². The normalized spacial score (nSPS) is 19.3. The quantitative estimate of drug-likeness (QED) is 0.939. The van der Waals surface area contributed by atoms with Crippen molar-refractivity contribution < 1.29 is 14.2 Å². The molecule has 4 rings (SSSR count). The maximum Gasteiger partial charge on any atom is 0.231 e. The number of fused-ring (bicyclic) bond motifs is 2. The van der Waals surface area contributed by atoms with E-state index in [0.29, 0.717) is 5.75 Å². The molecule has 0 aliphatic carbocycles. The zero-order valence-electron chi connectivity index (χ0n) is 13.2. The lowest BCUT2D eigenvalue weighted by atomic mass is 9.95. The molecule has 1 atom stereocenters. The van der Waals surface area contributed by atoms with Gasteiger partial charge in [0.1, 0.15) is 12.0 Å². The van der Waals surface area contributed by atoms with E-state index < -0.39 is 0 Å². The first-order valence-electron chi connectivity index (χ1n) is 7.65. The Morgan fingerprint density at radius 3 is 3.04 bits per heavy atom. The summed E-state index contributed by atoms with van der Waals surface area (Å²) in [5, 5.41) is 3.49. The molecule has 0 amide bonds. The van der Waals surface area contributed by atoms with Crippen LogP contribution in [-0.2, 0) is 6.42 Å². The van der Waals surface area contributed by atoms with Crippen LogP contribution < -0.4 is 19.5 Å². The molecule has 0 unspecified atom stereocenters. The third kappa shape index (κ3) is 2.35. The van der Waals surface area contributed by atoms with Gasteiger partial charge in [0.25, 0.3) is 0 Å². The number of hydrogen-bond acceptors (Lipinski definition) is 6. The molecule has 0 saturated carbocycles. The molecule has 0 spiro atoms. The average Bonchev–Trinajstić information content (AvgIpc) is 3.04. The van der Waals surface area contributed by atoms with Gasteiger partial charge in [-0.25, -0.2) is 4.98 Å². The van der Waals surface area contributed by atoms with Crippen molar-refractivity contribution in [2.75, 3.05) is 32.8 Å². The Hall–Kier alpha value is -2.47. The summed E-state index contributed by atoms with van der Waals surface area (Å²) < 4.78 is 16.8. The molecule has 1 N–H and O–H groups in total. The smallest absolute Gasteiger partial charge is 0.231 e. The summed E-state index contributed by atoms with van der Waals surface area (Å²) in [6, 6.07) is 7.90. The van der Waals surface area contributed by atoms with Crippen molar-refractivity contribution in [2.45, 2.75) is 12.6 Å². The number of anilines is 1. The molecule has 23 heavy (non-hydrogen) atoms. The largest absolute Gasteiger partial charge is 0.492 e. The van der Waals surface area contributed by atoms with E-state index in [-0.39, 0.29) is 13.0 Å². The summed E-state index contributed by atoms with van der Waals surface area (Å²) >= 11 is 0. The predicted molar refractivity (Wildman–Crippen MR) is 86.1 cm³/mol. The van der Waals surface area contributed by atoms with Crippen LogP contribution in [0.4, 0.5) is 5.82 Å². The maximum absolute atomic E-state index is 5.68. The first-order valence-corrected chi connectivity index (χ1v) is 7.65. The van der Waals surface area contributed by atoms with Gasteiger partial charge in [-0.15, -0.1) is 0 Å². The van der Waals surface area contributed by atoms with Gasteiger partial charge in [0, 0.05) is 18.3 Å². The summed E-state index contributed by atoms with van der Waals surface area (Å²) in [7, 11) is 3.76. The second kappa shape index (κ2) is 5.62. The molecule has 0 radical (unpaired) electrons. The predicted octanol–water partition coefficient (Wildman–Crippen LogP) is 2.42. The molecule has 0 fully saturated rings. The van der Waals surface area contributed by atoms with Gasteiger partial charge in [-0.1, -0.05) is 6.07 Å². The van der Waals surface area contributed by atoms with E-state index in [2.05, 4.69) is 28.3 Å². The third-order valence-electron chi connectivity index (χ3n) is 4.35. The van der Waals surface area contributed by atoms with Gasteiger partial charge in [-0.3, -0.25) is 4.90 Å². The van der Waals surface area contributed by atoms with Gasteiger partial charge >= 0.3 is 0 Å². The Kier molecular flexibility index (Phi) is 3.46. The van der Waals surface area contributed by atoms with Crippen molar-refractivity contribution >= 4 is 5.82 Å². The molecule has 3 heterocycles. The SMILES string of the molecule is COc1c2c(cc3c1[C@H](Nc1ccccn1)N(C)CC3)OCO2. The zero-order valence-corrected chi connectivity index (χ0v) is 13.2. The first kappa shape index (κ1) is 14.1. The molecule has 2 aliphatic rings. The fourth-order valence-corrected chi connectivity index (χ4v) is 3.20. The molecule has 6 heteroatoms. The number of ether oxygens (including phenoxy) is 3. The van der Waals surface area contributed by atoms with E-state index in [4.69, 9.17) is 14.2 Å². The van der Waals surface area contributed by atoms with Gasteiger partial charge in [-0.2, -0.15) is 0 Å². The highest BCUT2D eigenvalue weighted by Gasteiger charge is 2.34. The maximum atomic E-state index is 5.68. The van der Waals surface area contributed by atoms with Crippen LogP contribution in [-0.4, -0.2) is 37.4 Å². The lowest BCUT2D eigenvalue weighted by Crippen LogP contribution is -2.37. The minimum absolute atomic E-state index is 0.0295. The van der Waals surface area contributed by atoms with Crippen LogP contribution in [0.15, 0.2) is 30.5 Å². The molecule has 2 aliphatic heterocycles. The van der Waals surface area contributed by atoms with Gasteiger partial charge in [0.15, 0.2) is 11.5 Å². The number of hydrogen-bond donors (Lipinski definition) is 1. The highest BCUT2D eigenvalue weighted by molar-refractivity contribution is 5.62. The van der Waals surface area contributed by atoms with Gasteiger partial charge in [-0.05, 0) is 37.2 Å². The monoisotopic (exact) mass is 313 g/mol. The molecule has 1 aromatic heterocycles. The van der Waals surface area contributed by atoms with E-state index in [0.717, 1.165) is 35.8 Å². The van der Waals surface area contributed by atoms with Crippen molar-refractivity contribution in [3.63, 3.8) is 0 Å². The number of nitrogens with one attached hydrogen (secondary N) is 1. The fraction of sp³-hybridized carbons (Fsp3) is 0.353. The van der Waals surface area contributed by atoms with Crippen LogP contribution in [0.25, 0.3) is 0 Å².